The number of carbonyl (C=O) groups excluding carboxylic acids is 1. The van der Waals surface area contributed by atoms with Crippen LogP contribution in [-0.2, 0) is 4.79 Å². The smallest absolute Gasteiger partial charge is 0.238 e. The van der Waals surface area contributed by atoms with E-state index in [1.807, 2.05) is 25.1 Å². The topological polar surface area (TPSA) is 44.8 Å². The highest BCUT2D eigenvalue weighted by Crippen LogP contribution is 2.25. The van der Waals surface area contributed by atoms with Crippen molar-refractivity contribution in [3.63, 3.8) is 0 Å². The van der Waals surface area contributed by atoms with Crippen LogP contribution in [0, 0.1) is 12.3 Å². The van der Waals surface area contributed by atoms with Gasteiger partial charge in [0.05, 0.1) is 19.3 Å². The lowest BCUT2D eigenvalue weighted by atomic mass is 9.92. The van der Waals surface area contributed by atoms with Crippen LogP contribution in [0.1, 0.15) is 32.8 Å². The molecule has 0 atom stereocenters. The summed E-state index contributed by atoms with van der Waals surface area (Å²) >= 11 is 0. The predicted molar refractivity (Wildman–Crippen MR) is 103 cm³/mol. The summed E-state index contributed by atoms with van der Waals surface area (Å²) in [5.41, 5.74) is 2.23. The number of amides is 1. The number of hydrogen-bond acceptors (Lipinski definition) is 4. The maximum atomic E-state index is 12.4. The number of carbonyl (C=O) groups is 1. The number of piperazine rings is 1. The van der Waals surface area contributed by atoms with Crippen molar-refractivity contribution in [2.24, 2.45) is 5.41 Å². The molecule has 1 fully saturated rings. The molecule has 0 bridgehead atoms. The third-order valence-corrected chi connectivity index (χ3v) is 4.64. The summed E-state index contributed by atoms with van der Waals surface area (Å²) in [6.45, 7) is 14.4. The minimum Gasteiger partial charge on any atom is -0.495 e. The summed E-state index contributed by atoms with van der Waals surface area (Å²) in [7, 11) is 1.62. The number of aryl methyl sites for hydroxylation is 1. The standard InChI is InChI=1S/C20H33N3O2/c1-16-6-7-18(25-5)17(14-16)21-19(24)15-23-12-10-22(11-13-23)9-8-20(2,3)4/h6-7,14H,8-13,15H2,1-5H3,(H,21,24). The lowest BCUT2D eigenvalue weighted by Crippen LogP contribution is -2.49. The van der Waals surface area contributed by atoms with Crippen LogP contribution in [0.25, 0.3) is 0 Å². The van der Waals surface area contributed by atoms with Gasteiger partial charge in [-0.3, -0.25) is 9.69 Å². The van der Waals surface area contributed by atoms with Crippen LogP contribution in [-0.4, -0.2) is 62.1 Å². The molecule has 1 saturated heterocycles. The van der Waals surface area contributed by atoms with Gasteiger partial charge in [0, 0.05) is 26.2 Å². The van der Waals surface area contributed by atoms with E-state index >= 15 is 0 Å². The SMILES string of the molecule is COc1ccc(C)cc1NC(=O)CN1CCN(CCC(C)(C)C)CC1. The lowest BCUT2D eigenvalue weighted by molar-refractivity contribution is -0.117. The zero-order chi connectivity index (χ0) is 18.4. The van der Waals surface area contributed by atoms with E-state index in [4.69, 9.17) is 4.74 Å². The van der Waals surface area contributed by atoms with E-state index in [1.54, 1.807) is 7.11 Å². The summed E-state index contributed by atoms with van der Waals surface area (Å²) in [5.74, 6) is 0.720. The van der Waals surface area contributed by atoms with Crippen LogP contribution in [0.3, 0.4) is 0 Å². The predicted octanol–water partition coefficient (Wildman–Crippen LogP) is 3.00. The lowest BCUT2D eigenvalue weighted by Gasteiger charge is -2.35. The molecule has 1 N–H and O–H groups in total. The molecule has 5 nitrogen and oxygen atoms in total. The molecule has 1 aromatic rings. The molecule has 0 aliphatic carbocycles. The maximum Gasteiger partial charge on any atom is 0.238 e. The number of nitrogens with zero attached hydrogens (tertiary/aromatic N) is 2. The second-order valence-corrected chi connectivity index (χ2v) is 8.18. The first-order valence-corrected chi connectivity index (χ1v) is 9.16. The number of anilines is 1. The van der Waals surface area contributed by atoms with Crippen LogP contribution in [0.15, 0.2) is 18.2 Å². The molecule has 1 aliphatic heterocycles. The van der Waals surface area contributed by atoms with E-state index in [-0.39, 0.29) is 5.91 Å². The van der Waals surface area contributed by atoms with Gasteiger partial charge in [-0.2, -0.15) is 0 Å². The van der Waals surface area contributed by atoms with Gasteiger partial charge < -0.3 is 15.0 Å². The highest BCUT2D eigenvalue weighted by Gasteiger charge is 2.21. The fourth-order valence-electron chi connectivity index (χ4n) is 2.98. The Morgan fingerprint density at radius 3 is 2.40 bits per heavy atom. The first kappa shape index (κ1) is 19.7. The molecule has 1 aromatic carbocycles. The molecule has 1 heterocycles. The Kier molecular flexibility index (Phi) is 6.85. The van der Waals surface area contributed by atoms with Crippen molar-refractivity contribution in [3.05, 3.63) is 23.8 Å². The molecule has 1 aliphatic rings. The minimum atomic E-state index is 0.0204. The molecule has 0 radical (unpaired) electrons. The minimum absolute atomic E-state index is 0.0204. The van der Waals surface area contributed by atoms with Gasteiger partial charge in [-0.05, 0) is 43.0 Å². The van der Waals surface area contributed by atoms with Crippen LogP contribution >= 0.6 is 0 Å². The van der Waals surface area contributed by atoms with E-state index in [0.29, 0.717) is 17.7 Å². The van der Waals surface area contributed by atoms with E-state index in [1.165, 1.54) is 6.42 Å². The Labute approximate surface area is 152 Å². The second kappa shape index (κ2) is 8.68. The van der Waals surface area contributed by atoms with Crippen molar-refractivity contribution in [1.82, 2.24) is 9.80 Å². The second-order valence-electron chi connectivity index (χ2n) is 8.18. The third kappa shape index (κ3) is 6.67. The quantitative estimate of drug-likeness (QED) is 0.859. The van der Waals surface area contributed by atoms with E-state index in [0.717, 1.165) is 44.0 Å². The molecule has 2 rings (SSSR count). The summed E-state index contributed by atoms with van der Waals surface area (Å²) in [5, 5.41) is 2.99. The van der Waals surface area contributed by atoms with Gasteiger partial charge in [0.1, 0.15) is 5.75 Å². The summed E-state index contributed by atoms with van der Waals surface area (Å²) in [4.78, 5) is 17.1. The van der Waals surface area contributed by atoms with Gasteiger partial charge in [0.15, 0.2) is 0 Å². The number of hydrogen-bond donors (Lipinski definition) is 1. The Balaban J connectivity index is 1.78. The van der Waals surface area contributed by atoms with Crippen molar-refractivity contribution in [2.45, 2.75) is 34.1 Å². The summed E-state index contributed by atoms with van der Waals surface area (Å²) in [6, 6.07) is 5.81. The van der Waals surface area contributed by atoms with Gasteiger partial charge in [-0.15, -0.1) is 0 Å². The number of nitrogens with one attached hydrogen (secondary N) is 1. The van der Waals surface area contributed by atoms with Crippen molar-refractivity contribution < 1.29 is 9.53 Å². The fraction of sp³-hybridized carbons (Fsp3) is 0.650. The molecular formula is C20H33N3O2. The van der Waals surface area contributed by atoms with E-state index in [9.17, 15) is 4.79 Å². The first-order valence-electron chi connectivity index (χ1n) is 9.16. The number of rotatable bonds is 6. The summed E-state index contributed by atoms with van der Waals surface area (Å²) < 4.78 is 5.32. The Hall–Kier alpha value is -1.59. The van der Waals surface area contributed by atoms with E-state index < -0.39 is 0 Å². The van der Waals surface area contributed by atoms with Crippen molar-refractivity contribution in [1.29, 1.82) is 0 Å². The normalized spacial score (nSPS) is 16.7. The molecule has 0 spiro atoms. The molecule has 0 aromatic heterocycles. The van der Waals surface area contributed by atoms with Gasteiger partial charge >= 0.3 is 0 Å². The van der Waals surface area contributed by atoms with Gasteiger partial charge in [-0.25, -0.2) is 0 Å². The molecule has 0 saturated carbocycles. The Morgan fingerprint density at radius 2 is 1.80 bits per heavy atom. The van der Waals surface area contributed by atoms with Crippen molar-refractivity contribution in [2.75, 3.05) is 51.7 Å². The maximum absolute atomic E-state index is 12.4. The molecule has 5 heteroatoms. The highest BCUT2D eigenvalue weighted by molar-refractivity contribution is 5.93. The Bertz CT molecular complexity index is 573. The molecule has 25 heavy (non-hydrogen) atoms. The average Bonchev–Trinajstić information content (AvgIpc) is 2.53. The number of methoxy groups -OCH3 is 1. The van der Waals surface area contributed by atoms with Crippen LogP contribution in [0.4, 0.5) is 5.69 Å². The van der Waals surface area contributed by atoms with Crippen LogP contribution in [0.5, 0.6) is 5.75 Å². The zero-order valence-electron chi connectivity index (χ0n) is 16.4. The van der Waals surface area contributed by atoms with Crippen molar-refractivity contribution in [3.8, 4) is 5.75 Å². The van der Waals surface area contributed by atoms with Gasteiger partial charge in [-0.1, -0.05) is 26.8 Å². The monoisotopic (exact) mass is 347 g/mol. The molecule has 0 unspecified atom stereocenters. The number of ether oxygens (including phenoxy) is 1. The first-order chi connectivity index (χ1) is 11.8. The van der Waals surface area contributed by atoms with Crippen LogP contribution < -0.4 is 10.1 Å². The third-order valence-electron chi connectivity index (χ3n) is 4.64. The summed E-state index contributed by atoms with van der Waals surface area (Å²) in [6.07, 6.45) is 1.21. The van der Waals surface area contributed by atoms with E-state index in [2.05, 4.69) is 35.9 Å². The Morgan fingerprint density at radius 1 is 1.16 bits per heavy atom. The fourth-order valence-corrected chi connectivity index (χ4v) is 2.98. The van der Waals surface area contributed by atoms with Crippen LogP contribution in [0.2, 0.25) is 0 Å². The zero-order valence-corrected chi connectivity index (χ0v) is 16.4. The molecule has 140 valence electrons. The van der Waals surface area contributed by atoms with Gasteiger partial charge in [0.2, 0.25) is 5.91 Å². The molecule has 1 amide bonds. The van der Waals surface area contributed by atoms with Gasteiger partial charge in [0.25, 0.3) is 0 Å². The largest absolute Gasteiger partial charge is 0.495 e. The average molecular weight is 348 g/mol. The molecular weight excluding hydrogens is 314 g/mol. The van der Waals surface area contributed by atoms with Crippen molar-refractivity contribution >= 4 is 11.6 Å². The highest BCUT2D eigenvalue weighted by atomic mass is 16.5. The number of benzene rings is 1.